The van der Waals surface area contributed by atoms with Crippen LogP contribution in [0.5, 0.6) is 0 Å². The van der Waals surface area contributed by atoms with Crippen LogP contribution >= 0.6 is 0 Å². The largest absolute Gasteiger partial charge is 0.465 e. The van der Waals surface area contributed by atoms with Gasteiger partial charge in [0.2, 0.25) is 0 Å². The molecule has 0 unspecified atom stereocenters. The third-order valence-electron chi connectivity index (χ3n) is 3.84. The molecule has 0 saturated heterocycles. The Morgan fingerprint density at radius 3 is 1.92 bits per heavy atom. The van der Waals surface area contributed by atoms with Crippen molar-refractivity contribution in [3.8, 4) is 0 Å². The molecule has 25 heavy (non-hydrogen) atoms. The summed E-state index contributed by atoms with van der Waals surface area (Å²) in [4.78, 5) is 26.5. The van der Waals surface area contributed by atoms with E-state index >= 15 is 0 Å². The normalized spacial score (nSPS) is 12.3. The Morgan fingerprint density at radius 1 is 0.880 bits per heavy atom. The summed E-state index contributed by atoms with van der Waals surface area (Å²) in [6.07, 6.45) is 3.59. The molecule has 0 aliphatic heterocycles. The molecule has 0 atom stereocenters. The number of hydrogen-bond acceptors (Lipinski definition) is 4. The van der Waals surface area contributed by atoms with Crippen LogP contribution in [0.4, 0.5) is 4.79 Å². The van der Waals surface area contributed by atoms with Crippen molar-refractivity contribution in [1.82, 2.24) is 9.80 Å². The van der Waals surface area contributed by atoms with Crippen molar-refractivity contribution in [2.45, 2.75) is 84.8 Å². The summed E-state index contributed by atoms with van der Waals surface area (Å²) < 4.78 is 5.28. The lowest BCUT2D eigenvalue weighted by Crippen LogP contribution is -2.48. The quantitative estimate of drug-likeness (QED) is 0.472. The van der Waals surface area contributed by atoms with E-state index in [9.17, 15) is 14.7 Å². The third-order valence-corrected chi connectivity index (χ3v) is 3.84. The minimum absolute atomic E-state index is 0.124. The van der Waals surface area contributed by atoms with Crippen molar-refractivity contribution < 1.29 is 19.4 Å². The van der Waals surface area contributed by atoms with Gasteiger partial charge in [-0.15, -0.1) is 0 Å². The minimum atomic E-state index is -0.872. The number of amides is 1. The molecule has 0 heterocycles. The Hall–Kier alpha value is -1.30. The predicted molar refractivity (Wildman–Crippen MR) is 101 cm³/mol. The lowest BCUT2D eigenvalue weighted by Gasteiger charge is -2.34. The number of likely N-dealkylation sites (N-methyl/N-ethyl adjacent to an activating group) is 1. The Kier molecular flexibility index (Phi) is 10.1. The van der Waals surface area contributed by atoms with Crippen LogP contribution in [-0.4, -0.2) is 64.8 Å². The topological polar surface area (TPSA) is 70.1 Å². The molecule has 0 spiro atoms. The molecule has 0 aliphatic rings. The van der Waals surface area contributed by atoms with Gasteiger partial charge in [0.25, 0.3) is 0 Å². The number of esters is 1. The summed E-state index contributed by atoms with van der Waals surface area (Å²) in [5, 5.41) is 9.28. The maximum absolute atomic E-state index is 11.6. The summed E-state index contributed by atoms with van der Waals surface area (Å²) >= 11 is 0. The van der Waals surface area contributed by atoms with Gasteiger partial charge in [-0.25, -0.2) is 4.79 Å². The van der Waals surface area contributed by atoms with Gasteiger partial charge in [0, 0.05) is 25.0 Å². The molecule has 0 aromatic carbocycles. The summed E-state index contributed by atoms with van der Waals surface area (Å²) in [5.41, 5.74) is -0.787. The van der Waals surface area contributed by atoms with E-state index in [0.717, 1.165) is 38.8 Å². The maximum atomic E-state index is 11.6. The number of unbranched alkanes of at least 4 members (excludes halogenated alkanes) is 3. The molecule has 1 amide bonds. The van der Waals surface area contributed by atoms with Gasteiger partial charge in [-0.1, -0.05) is 12.8 Å². The van der Waals surface area contributed by atoms with Gasteiger partial charge in [-0.3, -0.25) is 4.79 Å². The first-order chi connectivity index (χ1) is 11.3. The number of nitrogens with zero attached hydrogens (tertiary/aromatic N) is 2. The van der Waals surface area contributed by atoms with Crippen LogP contribution in [0.25, 0.3) is 0 Å². The molecule has 0 rings (SSSR count). The number of carbonyl (C=O) groups is 2. The Morgan fingerprint density at radius 2 is 1.44 bits per heavy atom. The molecule has 0 aromatic rings. The van der Waals surface area contributed by atoms with E-state index in [1.165, 1.54) is 4.90 Å². The van der Waals surface area contributed by atoms with Gasteiger partial charge in [0.15, 0.2) is 0 Å². The van der Waals surface area contributed by atoms with Crippen molar-refractivity contribution >= 4 is 12.1 Å². The molecule has 6 heteroatoms. The van der Waals surface area contributed by atoms with Gasteiger partial charge in [0.1, 0.15) is 5.60 Å². The molecule has 0 aliphatic carbocycles. The fourth-order valence-electron chi connectivity index (χ4n) is 2.50. The first-order valence-corrected chi connectivity index (χ1v) is 9.24. The molecular formula is C19H38N2O4. The fraction of sp³-hybridized carbons (Fsp3) is 0.895. The van der Waals surface area contributed by atoms with E-state index in [4.69, 9.17) is 4.74 Å². The van der Waals surface area contributed by atoms with Crippen LogP contribution < -0.4 is 0 Å². The molecule has 0 aromatic heterocycles. The number of carboxylic acid groups (broad SMARTS) is 1. The van der Waals surface area contributed by atoms with Crippen LogP contribution in [0.1, 0.15) is 73.6 Å². The molecule has 148 valence electrons. The zero-order valence-corrected chi connectivity index (χ0v) is 17.2. The van der Waals surface area contributed by atoms with Crippen molar-refractivity contribution in [3.63, 3.8) is 0 Å². The minimum Gasteiger partial charge on any atom is -0.465 e. The highest BCUT2D eigenvalue weighted by atomic mass is 16.6. The SMILES string of the molecule is CN(CCCCCCC(=O)OC(C)(C)C)CCN(C(=O)O)C(C)(C)C. The zero-order chi connectivity index (χ0) is 19.7. The highest BCUT2D eigenvalue weighted by Gasteiger charge is 2.25. The van der Waals surface area contributed by atoms with E-state index in [0.29, 0.717) is 13.0 Å². The summed E-state index contributed by atoms with van der Waals surface area (Å²) in [6, 6.07) is 0. The van der Waals surface area contributed by atoms with Crippen molar-refractivity contribution in [2.24, 2.45) is 0 Å². The second-order valence-corrected chi connectivity index (χ2v) is 8.66. The molecule has 0 radical (unpaired) electrons. The van der Waals surface area contributed by atoms with E-state index in [2.05, 4.69) is 4.90 Å². The van der Waals surface area contributed by atoms with Crippen molar-refractivity contribution in [1.29, 1.82) is 0 Å². The average molecular weight is 359 g/mol. The number of hydrogen-bond donors (Lipinski definition) is 1. The van der Waals surface area contributed by atoms with Crippen LogP contribution in [-0.2, 0) is 9.53 Å². The molecule has 6 nitrogen and oxygen atoms in total. The molecule has 0 saturated carbocycles. The average Bonchev–Trinajstić information content (AvgIpc) is 2.38. The third kappa shape index (κ3) is 12.7. The molecular weight excluding hydrogens is 320 g/mol. The predicted octanol–water partition coefficient (Wildman–Crippen LogP) is 3.99. The van der Waals surface area contributed by atoms with E-state index < -0.39 is 11.7 Å². The maximum Gasteiger partial charge on any atom is 0.407 e. The Labute approximate surface area is 153 Å². The van der Waals surface area contributed by atoms with Crippen LogP contribution in [0, 0.1) is 0 Å². The van der Waals surface area contributed by atoms with Gasteiger partial charge >= 0.3 is 12.1 Å². The van der Waals surface area contributed by atoms with E-state index in [-0.39, 0.29) is 11.5 Å². The number of carbonyl (C=O) groups excluding carboxylic acids is 1. The van der Waals surface area contributed by atoms with Gasteiger partial charge in [-0.05, 0) is 68.0 Å². The first-order valence-electron chi connectivity index (χ1n) is 9.24. The lowest BCUT2D eigenvalue weighted by atomic mass is 10.1. The van der Waals surface area contributed by atoms with Gasteiger partial charge in [-0.2, -0.15) is 0 Å². The molecule has 0 bridgehead atoms. The van der Waals surface area contributed by atoms with Crippen LogP contribution in [0.3, 0.4) is 0 Å². The standard InChI is InChI=1S/C19H38N2O4/c1-18(2,3)21(17(23)24)15-14-20(7)13-11-9-8-10-12-16(22)25-19(4,5)6/h8-15H2,1-7H3,(H,23,24). The zero-order valence-electron chi connectivity index (χ0n) is 17.2. The number of ether oxygens (including phenoxy) is 1. The van der Waals surface area contributed by atoms with Crippen molar-refractivity contribution in [2.75, 3.05) is 26.7 Å². The van der Waals surface area contributed by atoms with E-state index in [1.54, 1.807) is 0 Å². The van der Waals surface area contributed by atoms with Gasteiger partial charge < -0.3 is 19.6 Å². The monoisotopic (exact) mass is 358 g/mol. The smallest absolute Gasteiger partial charge is 0.407 e. The highest BCUT2D eigenvalue weighted by Crippen LogP contribution is 2.13. The molecule has 1 N–H and O–H groups in total. The van der Waals surface area contributed by atoms with Crippen molar-refractivity contribution in [3.05, 3.63) is 0 Å². The number of rotatable bonds is 10. The second kappa shape index (κ2) is 10.6. The summed E-state index contributed by atoms with van der Waals surface area (Å²) in [6.45, 7) is 13.5. The fourth-order valence-corrected chi connectivity index (χ4v) is 2.50. The Balaban J connectivity index is 3.82. The lowest BCUT2D eigenvalue weighted by molar-refractivity contribution is -0.154. The van der Waals surface area contributed by atoms with Crippen LogP contribution in [0.2, 0.25) is 0 Å². The van der Waals surface area contributed by atoms with Gasteiger partial charge in [0.05, 0.1) is 0 Å². The first kappa shape index (κ1) is 23.7. The summed E-state index contributed by atoms with van der Waals surface area (Å²) in [5.74, 6) is -0.124. The second-order valence-electron chi connectivity index (χ2n) is 8.66. The summed E-state index contributed by atoms with van der Waals surface area (Å²) in [7, 11) is 2.02. The Bertz CT molecular complexity index is 411. The molecule has 0 fully saturated rings. The van der Waals surface area contributed by atoms with Crippen LogP contribution in [0.15, 0.2) is 0 Å². The highest BCUT2D eigenvalue weighted by molar-refractivity contribution is 5.69. The van der Waals surface area contributed by atoms with E-state index in [1.807, 2.05) is 48.6 Å².